The lowest BCUT2D eigenvalue weighted by Gasteiger charge is -2.17. The maximum Gasteiger partial charge on any atom is 0.302 e. The van der Waals surface area contributed by atoms with Crippen LogP contribution in [0.2, 0.25) is 0 Å². The Bertz CT molecular complexity index is 1320. The molecule has 3 aromatic rings. The Balaban J connectivity index is 1.58. The number of hydrogen-bond donors (Lipinski definition) is 1. The molecule has 2 heterocycles. The number of carbonyl (C=O) groups is 2. The number of hydrogen-bond acceptors (Lipinski definition) is 8. The molecule has 0 radical (unpaired) electrons. The highest BCUT2D eigenvalue weighted by Crippen LogP contribution is 2.32. The lowest BCUT2D eigenvalue weighted by molar-refractivity contribution is -0.779. The number of anilines is 2. The van der Waals surface area contributed by atoms with Crippen molar-refractivity contribution in [3.8, 4) is 11.5 Å². The second-order valence-electron chi connectivity index (χ2n) is 7.98. The topological polar surface area (TPSA) is 110 Å². The first-order chi connectivity index (χ1) is 17.4. The number of amidine groups is 1. The highest BCUT2D eigenvalue weighted by molar-refractivity contribution is 8.14. The number of nitrogens with one attached hydrogen (secondary N) is 1. The van der Waals surface area contributed by atoms with E-state index in [1.54, 1.807) is 49.4 Å². The largest absolute Gasteiger partial charge is 0.497 e. The van der Waals surface area contributed by atoms with Gasteiger partial charge in [0.05, 0.1) is 25.7 Å². The number of rotatable bonds is 8. The van der Waals surface area contributed by atoms with Crippen LogP contribution in [0.15, 0.2) is 69.9 Å². The van der Waals surface area contributed by atoms with Gasteiger partial charge in [-0.1, -0.05) is 30.0 Å². The number of aliphatic imine (C=N–C) groups is 1. The summed E-state index contributed by atoms with van der Waals surface area (Å²) in [6, 6.07) is 14.5. The van der Waals surface area contributed by atoms with E-state index in [1.165, 1.54) is 4.90 Å². The van der Waals surface area contributed by atoms with E-state index < -0.39 is 0 Å². The fourth-order valence-corrected chi connectivity index (χ4v) is 4.17. The van der Waals surface area contributed by atoms with Crippen LogP contribution in [0.3, 0.4) is 0 Å². The minimum Gasteiger partial charge on any atom is -0.497 e. The van der Waals surface area contributed by atoms with Crippen LogP contribution in [0.4, 0.5) is 11.6 Å². The fraction of sp³-hybridized carbons (Fsp3) is 0.240. The van der Waals surface area contributed by atoms with Crippen molar-refractivity contribution < 1.29 is 28.3 Å². The van der Waals surface area contributed by atoms with Gasteiger partial charge in [-0.2, -0.15) is 0 Å². The van der Waals surface area contributed by atoms with Crippen molar-refractivity contribution >= 4 is 46.4 Å². The van der Waals surface area contributed by atoms with Crippen molar-refractivity contribution in [1.29, 1.82) is 0 Å². The zero-order valence-corrected chi connectivity index (χ0v) is 21.1. The molecule has 0 saturated carbocycles. The molecule has 1 aromatic heterocycles. The molecule has 0 aliphatic carbocycles. The predicted octanol–water partition coefficient (Wildman–Crippen LogP) is 3.68. The second-order valence-corrected chi connectivity index (χ2v) is 8.93. The molecular weight excluding hydrogens is 482 g/mol. The van der Waals surface area contributed by atoms with Gasteiger partial charge >= 0.3 is 5.88 Å². The van der Waals surface area contributed by atoms with Crippen molar-refractivity contribution in [2.24, 2.45) is 4.99 Å². The molecule has 186 valence electrons. The van der Waals surface area contributed by atoms with Gasteiger partial charge in [-0.3, -0.25) is 24.3 Å². The van der Waals surface area contributed by atoms with Gasteiger partial charge in [0.1, 0.15) is 17.2 Å². The molecule has 2 aromatic carbocycles. The fourth-order valence-electron chi connectivity index (χ4n) is 3.36. The van der Waals surface area contributed by atoms with Gasteiger partial charge in [0.15, 0.2) is 11.2 Å². The molecule has 4 rings (SSSR count). The van der Waals surface area contributed by atoms with E-state index in [0.717, 1.165) is 11.8 Å². The van der Waals surface area contributed by atoms with Crippen molar-refractivity contribution in [2.75, 3.05) is 30.2 Å². The Hall–Kier alpha value is -4.12. The molecule has 1 aliphatic rings. The highest BCUT2D eigenvalue weighted by atomic mass is 32.2. The molecule has 36 heavy (non-hydrogen) atoms. The average Bonchev–Trinajstić information content (AvgIpc) is 3.47. The summed E-state index contributed by atoms with van der Waals surface area (Å²) in [7, 11) is 3.12. The van der Waals surface area contributed by atoms with Crippen LogP contribution in [0.1, 0.15) is 25.5 Å². The summed E-state index contributed by atoms with van der Waals surface area (Å²) in [5, 5.41) is 6.91. The van der Waals surface area contributed by atoms with E-state index in [9.17, 15) is 9.59 Å². The Morgan fingerprint density at radius 1 is 1.19 bits per heavy atom. The number of carbonyl (C=O) groups excluding carboxylic acids is 2. The number of amides is 2. The van der Waals surface area contributed by atoms with Crippen molar-refractivity contribution in [3.05, 3.63) is 66.0 Å². The number of para-hydroxylation sites is 1. The maximum atomic E-state index is 13.4. The third-order valence-electron chi connectivity index (χ3n) is 5.18. The highest BCUT2D eigenvalue weighted by Gasteiger charge is 2.32. The number of methoxy groups -OCH3 is 2. The van der Waals surface area contributed by atoms with Gasteiger partial charge in [-0.15, -0.1) is 0 Å². The van der Waals surface area contributed by atoms with Crippen LogP contribution in [0.5, 0.6) is 11.5 Å². The number of aromatic nitrogens is 2. The third kappa shape index (κ3) is 5.57. The number of ether oxygens (including phenoxy) is 2. The van der Waals surface area contributed by atoms with Gasteiger partial charge in [-0.25, -0.2) is 4.99 Å². The van der Waals surface area contributed by atoms with E-state index in [-0.39, 0.29) is 35.2 Å². The monoisotopic (exact) mass is 508 g/mol. The molecule has 2 amide bonds. The molecule has 0 atom stereocenters. The quantitative estimate of drug-likeness (QED) is 0.365. The Morgan fingerprint density at radius 2 is 1.97 bits per heavy atom. The summed E-state index contributed by atoms with van der Waals surface area (Å²) >= 11 is 1.14. The first-order valence-corrected chi connectivity index (χ1v) is 12.1. The van der Waals surface area contributed by atoms with Gasteiger partial charge in [0.2, 0.25) is 11.2 Å². The predicted molar refractivity (Wildman–Crippen MR) is 137 cm³/mol. The first-order valence-electron chi connectivity index (χ1n) is 11.1. The molecule has 0 unspecified atom stereocenters. The van der Waals surface area contributed by atoms with E-state index in [4.69, 9.17) is 14.0 Å². The van der Waals surface area contributed by atoms with E-state index >= 15 is 0 Å². The van der Waals surface area contributed by atoms with Crippen LogP contribution in [-0.4, -0.2) is 42.2 Å². The molecule has 10 nitrogen and oxygen atoms in total. The summed E-state index contributed by atoms with van der Waals surface area (Å²) in [6.45, 7) is 3.90. The van der Waals surface area contributed by atoms with Crippen molar-refractivity contribution in [3.63, 3.8) is 0 Å². The van der Waals surface area contributed by atoms with Gasteiger partial charge in [-0.05, 0) is 54.9 Å². The number of nitrogens with zero attached hydrogens (tertiary/aromatic N) is 4. The molecular formula is C25H26N5O5S+. The second kappa shape index (κ2) is 11.1. The molecule has 0 spiro atoms. The number of benzene rings is 2. The van der Waals surface area contributed by atoms with Gasteiger partial charge in [0, 0.05) is 5.56 Å². The molecule has 1 aliphatic heterocycles. The van der Waals surface area contributed by atoms with E-state index in [0.29, 0.717) is 27.9 Å². The van der Waals surface area contributed by atoms with Crippen LogP contribution in [0.25, 0.3) is 6.08 Å². The number of thioether (sulfide) groups is 1. The van der Waals surface area contributed by atoms with Gasteiger partial charge in [0.25, 0.3) is 12.1 Å². The first kappa shape index (κ1) is 25.0. The normalized spacial score (nSPS) is 14.4. The van der Waals surface area contributed by atoms with Crippen LogP contribution in [0, 0.1) is 0 Å². The lowest BCUT2D eigenvalue weighted by Crippen LogP contribution is -2.37. The van der Waals surface area contributed by atoms with Gasteiger partial charge < -0.3 is 9.47 Å². The third-order valence-corrected chi connectivity index (χ3v) is 6.12. The smallest absolute Gasteiger partial charge is 0.302 e. The lowest BCUT2D eigenvalue weighted by atomic mass is 10.1. The zero-order chi connectivity index (χ0) is 25.7. The Morgan fingerprint density at radius 3 is 2.64 bits per heavy atom. The van der Waals surface area contributed by atoms with Crippen molar-refractivity contribution in [2.45, 2.75) is 19.9 Å². The molecule has 0 fully saturated rings. The van der Waals surface area contributed by atoms with Crippen molar-refractivity contribution in [1.82, 2.24) is 5.27 Å². The van der Waals surface area contributed by atoms with E-state index in [1.807, 2.05) is 44.2 Å². The molecule has 1 N–H and O–H groups in total. The standard InChI is InChI=1S/C25H25N5O5S/c1-16(2)29-14-23(35-28-29)27-22(31)15-36-25-26-20(24(32)30(25)18-8-6-5-7-9-18)13-17-12-19(33-3)10-11-21(17)34-4/h5-14,16H,15H2,1-4H3/p+1/b20-13+. The summed E-state index contributed by atoms with van der Waals surface area (Å²) in [6.07, 6.45) is 3.26. The SMILES string of the molecule is COc1ccc(OC)c(/C=C2/N=C(SCC(=O)Nc3c[n+](C(C)C)no3)N(c3ccccc3)C2=O)c1. The zero-order valence-electron chi connectivity index (χ0n) is 20.3. The Kier molecular flexibility index (Phi) is 7.69. The van der Waals surface area contributed by atoms with E-state index in [2.05, 4.69) is 15.6 Å². The summed E-state index contributed by atoms with van der Waals surface area (Å²) in [5.74, 6) is 0.806. The van der Waals surface area contributed by atoms with Crippen LogP contribution >= 0.6 is 11.8 Å². The Labute approximate surface area is 212 Å². The summed E-state index contributed by atoms with van der Waals surface area (Å²) in [4.78, 5) is 32.0. The minimum absolute atomic E-state index is 0.00753. The summed E-state index contributed by atoms with van der Waals surface area (Å²) in [5.41, 5.74) is 1.50. The van der Waals surface area contributed by atoms with Crippen LogP contribution in [-0.2, 0) is 9.59 Å². The van der Waals surface area contributed by atoms with Crippen LogP contribution < -0.4 is 24.4 Å². The molecule has 11 heteroatoms. The summed E-state index contributed by atoms with van der Waals surface area (Å²) < 4.78 is 17.5. The average molecular weight is 509 g/mol. The molecule has 0 bridgehead atoms. The maximum absolute atomic E-state index is 13.4. The molecule has 0 saturated heterocycles. The minimum atomic E-state index is -0.317.